The van der Waals surface area contributed by atoms with E-state index in [1.165, 1.54) is 10.9 Å². The third kappa shape index (κ3) is 3.28. The zero-order chi connectivity index (χ0) is 22.4. The lowest BCUT2D eigenvalue weighted by molar-refractivity contribution is 0.0686. The molecule has 0 aliphatic carbocycles. The van der Waals surface area contributed by atoms with Crippen LogP contribution >= 0.6 is 0 Å². The van der Waals surface area contributed by atoms with Gasteiger partial charge in [0, 0.05) is 34.0 Å². The van der Waals surface area contributed by atoms with Crippen molar-refractivity contribution in [3.63, 3.8) is 0 Å². The number of fused-ring (bicyclic) bond motifs is 4. The number of hydrogen-bond donors (Lipinski definition) is 2. The van der Waals surface area contributed by atoms with Crippen molar-refractivity contribution in [2.24, 2.45) is 0 Å². The first kappa shape index (κ1) is 19.7. The lowest BCUT2D eigenvalue weighted by Gasteiger charge is -2.36. The largest absolute Gasteiger partial charge is 0.494 e. The molecule has 5 heteroatoms. The summed E-state index contributed by atoms with van der Waals surface area (Å²) in [5.74, 6) is 0.818. The maximum Gasteiger partial charge on any atom is 0.271 e. The summed E-state index contributed by atoms with van der Waals surface area (Å²) in [6, 6.07) is 26.2. The molecule has 0 fully saturated rings. The lowest BCUT2D eigenvalue weighted by atomic mass is 9.92. The van der Waals surface area contributed by atoms with Crippen molar-refractivity contribution in [2.75, 3.05) is 13.2 Å². The molecular formula is C28H25N3O2. The quantitative estimate of drug-likeness (QED) is 0.373. The molecule has 1 aliphatic heterocycles. The molecule has 1 amide bonds. The molecule has 5 aromatic rings. The second kappa shape index (κ2) is 7.85. The van der Waals surface area contributed by atoms with Crippen LogP contribution in [0, 0.1) is 0 Å². The lowest BCUT2D eigenvalue weighted by Crippen LogP contribution is -2.40. The number of rotatable bonds is 4. The SMILES string of the molecule is CCOc1cccc([C@H]2c3[nH]c4ccccc4c3CCN2C(=O)c2cc3ccccc3[nH]2)c1. The molecule has 0 bridgehead atoms. The first-order chi connectivity index (χ1) is 16.2. The van der Waals surface area contributed by atoms with Crippen molar-refractivity contribution >= 4 is 27.7 Å². The Bertz CT molecular complexity index is 1450. The maximum absolute atomic E-state index is 13.8. The van der Waals surface area contributed by atoms with E-state index in [0.29, 0.717) is 18.8 Å². The van der Waals surface area contributed by atoms with Gasteiger partial charge in [0.25, 0.3) is 5.91 Å². The summed E-state index contributed by atoms with van der Waals surface area (Å²) in [6.45, 7) is 3.23. The number of nitrogens with zero attached hydrogens (tertiary/aromatic N) is 1. The van der Waals surface area contributed by atoms with Gasteiger partial charge in [0.05, 0.1) is 12.6 Å². The second-order valence-corrected chi connectivity index (χ2v) is 8.49. The molecule has 0 spiro atoms. The minimum atomic E-state index is -0.222. The van der Waals surface area contributed by atoms with Crippen LogP contribution in [0.2, 0.25) is 0 Å². The van der Waals surface area contributed by atoms with E-state index in [4.69, 9.17) is 4.74 Å². The van der Waals surface area contributed by atoms with Crippen LogP contribution in [0.1, 0.15) is 40.3 Å². The van der Waals surface area contributed by atoms with Gasteiger partial charge >= 0.3 is 0 Å². The third-order valence-corrected chi connectivity index (χ3v) is 6.54. The molecule has 0 saturated heterocycles. The number of nitrogens with one attached hydrogen (secondary N) is 2. The van der Waals surface area contributed by atoms with Crippen LogP contribution in [0.5, 0.6) is 5.75 Å². The number of ether oxygens (including phenoxy) is 1. The average molecular weight is 436 g/mol. The average Bonchev–Trinajstić information content (AvgIpc) is 3.45. The Hall–Kier alpha value is -3.99. The first-order valence-electron chi connectivity index (χ1n) is 11.4. The first-order valence-corrected chi connectivity index (χ1v) is 11.4. The van der Waals surface area contributed by atoms with Gasteiger partial charge in [0.1, 0.15) is 11.4 Å². The van der Waals surface area contributed by atoms with Crippen molar-refractivity contribution in [1.82, 2.24) is 14.9 Å². The van der Waals surface area contributed by atoms with Gasteiger partial charge in [0.15, 0.2) is 0 Å². The Labute approximate surface area is 192 Å². The number of para-hydroxylation sites is 2. The number of aromatic amines is 2. The van der Waals surface area contributed by atoms with Gasteiger partial charge in [-0.2, -0.15) is 0 Å². The summed E-state index contributed by atoms with van der Waals surface area (Å²) in [4.78, 5) is 22.8. The molecule has 33 heavy (non-hydrogen) atoms. The second-order valence-electron chi connectivity index (χ2n) is 8.49. The highest BCUT2D eigenvalue weighted by molar-refractivity contribution is 5.99. The highest BCUT2D eigenvalue weighted by Crippen LogP contribution is 2.40. The van der Waals surface area contributed by atoms with E-state index in [2.05, 4.69) is 40.3 Å². The molecule has 0 radical (unpaired) electrons. The fourth-order valence-electron chi connectivity index (χ4n) is 5.09. The molecule has 2 N–H and O–H groups in total. The normalized spacial score (nSPS) is 15.7. The van der Waals surface area contributed by atoms with Crippen molar-refractivity contribution in [3.8, 4) is 5.75 Å². The molecule has 1 atom stereocenters. The van der Waals surface area contributed by atoms with Crippen molar-refractivity contribution in [3.05, 3.63) is 101 Å². The fraction of sp³-hybridized carbons (Fsp3) is 0.179. The van der Waals surface area contributed by atoms with E-state index >= 15 is 0 Å². The number of carbonyl (C=O) groups excluding carboxylic acids is 1. The summed E-state index contributed by atoms with van der Waals surface area (Å²) in [6.07, 6.45) is 0.812. The van der Waals surface area contributed by atoms with Gasteiger partial charge < -0.3 is 19.6 Å². The third-order valence-electron chi connectivity index (χ3n) is 6.54. The number of H-pyrrole nitrogens is 2. The van der Waals surface area contributed by atoms with E-state index in [1.54, 1.807) is 0 Å². The zero-order valence-corrected chi connectivity index (χ0v) is 18.5. The summed E-state index contributed by atoms with van der Waals surface area (Å²) in [7, 11) is 0. The smallest absolute Gasteiger partial charge is 0.271 e. The van der Waals surface area contributed by atoms with Crippen LogP contribution in [0.25, 0.3) is 21.8 Å². The van der Waals surface area contributed by atoms with E-state index in [-0.39, 0.29) is 11.9 Å². The van der Waals surface area contributed by atoms with Crippen LogP contribution in [0.3, 0.4) is 0 Å². The molecule has 3 aromatic carbocycles. The van der Waals surface area contributed by atoms with Crippen LogP contribution in [0.4, 0.5) is 0 Å². The van der Waals surface area contributed by atoms with Gasteiger partial charge in [-0.3, -0.25) is 4.79 Å². The molecular weight excluding hydrogens is 410 g/mol. The number of hydrogen-bond acceptors (Lipinski definition) is 2. The number of carbonyl (C=O) groups is 1. The topological polar surface area (TPSA) is 61.1 Å². The number of amides is 1. The Morgan fingerprint density at radius 2 is 1.79 bits per heavy atom. The minimum Gasteiger partial charge on any atom is -0.494 e. The summed E-state index contributed by atoms with van der Waals surface area (Å²) < 4.78 is 5.78. The molecule has 0 saturated carbocycles. The molecule has 0 unspecified atom stereocenters. The van der Waals surface area contributed by atoms with Crippen LogP contribution in [-0.4, -0.2) is 33.9 Å². The summed E-state index contributed by atoms with van der Waals surface area (Å²) in [5.41, 5.74) is 6.10. The molecule has 6 rings (SSSR count). The van der Waals surface area contributed by atoms with Crippen LogP contribution in [-0.2, 0) is 6.42 Å². The predicted octanol–water partition coefficient (Wildman–Crippen LogP) is 5.84. The van der Waals surface area contributed by atoms with Gasteiger partial charge in [0.2, 0.25) is 0 Å². The van der Waals surface area contributed by atoms with Gasteiger partial charge in [-0.05, 0) is 54.8 Å². The highest BCUT2D eigenvalue weighted by atomic mass is 16.5. The summed E-state index contributed by atoms with van der Waals surface area (Å²) >= 11 is 0. The van der Waals surface area contributed by atoms with E-state index in [1.807, 2.05) is 60.4 Å². The van der Waals surface area contributed by atoms with E-state index < -0.39 is 0 Å². The number of aromatic nitrogens is 2. The minimum absolute atomic E-state index is 0.00215. The number of benzene rings is 3. The predicted molar refractivity (Wildman–Crippen MR) is 131 cm³/mol. The highest BCUT2D eigenvalue weighted by Gasteiger charge is 2.35. The molecule has 3 heterocycles. The summed E-state index contributed by atoms with van der Waals surface area (Å²) in [5, 5.41) is 2.27. The zero-order valence-electron chi connectivity index (χ0n) is 18.5. The maximum atomic E-state index is 13.8. The fourth-order valence-corrected chi connectivity index (χ4v) is 5.09. The van der Waals surface area contributed by atoms with Crippen molar-refractivity contribution in [1.29, 1.82) is 0 Å². The molecule has 1 aliphatic rings. The molecule has 2 aromatic heterocycles. The Kier molecular flexibility index (Phi) is 4.68. The van der Waals surface area contributed by atoms with Gasteiger partial charge in [-0.25, -0.2) is 0 Å². The molecule has 164 valence electrons. The van der Waals surface area contributed by atoms with Crippen molar-refractivity contribution in [2.45, 2.75) is 19.4 Å². The van der Waals surface area contributed by atoms with Crippen LogP contribution in [0.15, 0.2) is 78.9 Å². The Morgan fingerprint density at radius 3 is 2.64 bits per heavy atom. The monoisotopic (exact) mass is 435 g/mol. The van der Waals surface area contributed by atoms with Gasteiger partial charge in [-0.15, -0.1) is 0 Å². The Morgan fingerprint density at radius 1 is 0.970 bits per heavy atom. The van der Waals surface area contributed by atoms with E-state index in [0.717, 1.165) is 39.8 Å². The van der Waals surface area contributed by atoms with Gasteiger partial charge in [-0.1, -0.05) is 48.5 Å². The van der Waals surface area contributed by atoms with Crippen LogP contribution < -0.4 is 4.74 Å². The Balaban J connectivity index is 1.49. The standard InChI is InChI=1S/C28H25N3O2/c1-2-33-20-10-7-9-19(16-20)27-26-22(21-11-4-6-13-24(21)30-26)14-15-31(27)28(32)25-17-18-8-3-5-12-23(18)29-25/h3-13,16-17,27,29-30H,2,14-15H2,1H3/t27-/m0/s1. The molecule has 5 nitrogen and oxygen atoms in total. The van der Waals surface area contributed by atoms with Crippen molar-refractivity contribution < 1.29 is 9.53 Å². The van der Waals surface area contributed by atoms with E-state index in [9.17, 15) is 4.79 Å².